The van der Waals surface area contributed by atoms with Gasteiger partial charge in [0.25, 0.3) is 5.91 Å². The van der Waals surface area contributed by atoms with Gasteiger partial charge in [-0.2, -0.15) is 0 Å². The van der Waals surface area contributed by atoms with Crippen molar-refractivity contribution >= 4 is 22.8 Å². The fraction of sp³-hybridized carbons (Fsp3) is 0.263. The highest BCUT2D eigenvalue weighted by molar-refractivity contribution is 5.99. The lowest BCUT2D eigenvalue weighted by Crippen LogP contribution is -2.31. The van der Waals surface area contributed by atoms with Crippen molar-refractivity contribution in [3.05, 3.63) is 130 Å². The fourth-order valence-electron chi connectivity index (χ4n) is 5.86. The Morgan fingerprint density at radius 2 is 1.51 bits per heavy atom. The minimum atomic E-state index is -0.933. The zero-order chi connectivity index (χ0) is 30.8. The van der Waals surface area contributed by atoms with E-state index >= 15 is 0 Å². The number of aryl methyl sites for hydroxylation is 1. The van der Waals surface area contributed by atoms with Crippen molar-refractivity contribution in [3.8, 4) is 11.1 Å². The van der Waals surface area contributed by atoms with Crippen LogP contribution in [0, 0.1) is 19.8 Å². The number of nitrogens with zero attached hydrogens (tertiary/aromatic N) is 1. The van der Waals surface area contributed by atoms with Crippen molar-refractivity contribution in [1.29, 1.82) is 0 Å². The summed E-state index contributed by atoms with van der Waals surface area (Å²) in [6.45, 7) is 13.5. The van der Waals surface area contributed by atoms with Gasteiger partial charge in [-0.25, -0.2) is 4.79 Å². The summed E-state index contributed by atoms with van der Waals surface area (Å²) in [5, 5.41) is 14.0. The zero-order valence-electron chi connectivity index (χ0n) is 25.8. The van der Waals surface area contributed by atoms with Gasteiger partial charge in [0, 0.05) is 28.7 Å². The maximum absolute atomic E-state index is 13.5. The second-order valence-electron chi connectivity index (χ2n) is 12.1. The second-order valence-corrected chi connectivity index (χ2v) is 12.1. The van der Waals surface area contributed by atoms with Gasteiger partial charge in [0.1, 0.15) is 0 Å². The summed E-state index contributed by atoms with van der Waals surface area (Å²) in [6.07, 6.45) is 0. The third kappa shape index (κ3) is 6.12. The molecule has 1 atom stereocenters. The molecule has 0 aliphatic carbocycles. The standard InChI is InChI=1S/C38H40N2O3/c1-23(2)29-10-9-11-30(20-29)36(24(3)4)39-37(41)31-18-19-35-34(21-31)25(5)26(6)40(35)22-27-14-16-28(17-15-27)32-12-7-8-13-33(32)38(42)43/h7-21,23-24,36H,22H2,1-6H3,(H,39,41)(H,42,43)/t36-/m0/s1. The van der Waals surface area contributed by atoms with Crippen LogP contribution in [-0.2, 0) is 6.54 Å². The Labute approximate surface area is 254 Å². The van der Waals surface area contributed by atoms with E-state index in [1.165, 1.54) is 5.56 Å². The van der Waals surface area contributed by atoms with Crippen molar-refractivity contribution < 1.29 is 14.7 Å². The number of aromatic carboxylic acids is 1. The van der Waals surface area contributed by atoms with Gasteiger partial charge in [-0.1, -0.05) is 94.4 Å². The first kappa shape index (κ1) is 29.8. The predicted octanol–water partition coefficient (Wildman–Crippen LogP) is 8.92. The van der Waals surface area contributed by atoms with Gasteiger partial charge in [-0.15, -0.1) is 0 Å². The molecule has 0 aliphatic rings. The Morgan fingerprint density at radius 1 is 0.814 bits per heavy atom. The van der Waals surface area contributed by atoms with Crippen molar-refractivity contribution in [3.63, 3.8) is 0 Å². The number of hydrogen-bond acceptors (Lipinski definition) is 2. The lowest BCUT2D eigenvalue weighted by atomic mass is 9.92. The van der Waals surface area contributed by atoms with Crippen LogP contribution in [0.15, 0.2) is 91.0 Å². The van der Waals surface area contributed by atoms with E-state index in [4.69, 9.17) is 0 Å². The lowest BCUT2D eigenvalue weighted by Gasteiger charge is -2.24. The van der Waals surface area contributed by atoms with E-state index in [9.17, 15) is 14.7 Å². The molecule has 0 radical (unpaired) electrons. The number of nitrogens with one attached hydrogen (secondary N) is 1. The molecular formula is C38H40N2O3. The van der Waals surface area contributed by atoms with Crippen molar-refractivity contribution in [1.82, 2.24) is 9.88 Å². The number of carboxylic acids is 1. The molecule has 0 saturated carbocycles. The van der Waals surface area contributed by atoms with Gasteiger partial charge in [-0.3, -0.25) is 4.79 Å². The summed E-state index contributed by atoms with van der Waals surface area (Å²) in [5.74, 6) is -0.341. The monoisotopic (exact) mass is 572 g/mol. The Balaban J connectivity index is 1.40. The number of carboxylic acid groups (broad SMARTS) is 1. The highest BCUT2D eigenvalue weighted by Gasteiger charge is 2.21. The molecule has 0 bridgehead atoms. The molecule has 5 rings (SSSR count). The van der Waals surface area contributed by atoms with Crippen LogP contribution in [0.1, 0.15) is 88.3 Å². The van der Waals surface area contributed by atoms with E-state index in [2.05, 4.69) is 87.8 Å². The predicted molar refractivity (Wildman–Crippen MR) is 175 cm³/mol. The van der Waals surface area contributed by atoms with E-state index in [1.54, 1.807) is 12.1 Å². The van der Waals surface area contributed by atoms with E-state index in [1.807, 2.05) is 42.5 Å². The summed E-state index contributed by atoms with van der Waals surface area (Å²) in [7, 11) is 0. The second kappa shape index (κ2) is 12.3. The fourth-order valence-corrected chi connectivity index (χ4v) is 5.86. The van der Waals surface area contributed by atoms with Crippen LogP contribution in [-0.4, -0.2) is 21.6 Å². The SMILES string of the molecule is Cc1c(C)n(Cc2ccc(-c3ccccc3C(=O)O)cc2)c2ccc(C(=O)N[C@H](c3cccc(C(C)C)c3)C(C)C)cc12. The molecule has 220 valence electrons. The number of amides is 1. The van der Waals surface area contributed by atoms with Gasteiger partial charge in [0.15, 0.2) is 0 Å². The molecule has 5 aromatic rings. The Kier molecular flexibility index (Phi) is 8.54. The van der Waals surface area contributed by atoms with Crippen LogP contribution in [0.25, 0.3) is 22.0 Å². The van der Waals surface area contributed by atoms with E-state index in [0.717, 1.165) is 38.9 Å². The molecular weight excluding hydrogens is 532 g/mol. The molecule has 43 heavy (non-hydrogen) atoms. The summed E-state index contributed by atoms with van der Waals surface area (Å²) in [6, 6.07) is 29.6. The Hall–Kier alpha value is -4.64. The van der Waals surface area contributed by atoms with E-state index in [-0.39, 0.29) is 17.9 Å². The number of benzene rings is 4. The van der Waals surface area contributed by atoms with Gasteiger partial charge >= 0.3 is 5.97 Å². The Morgan fingerprint density at radius 3 is 2.19 bits per heavy atom. The third-order valence-corrected chi connectivity index (χ3v) is 8.55. The van der Waals surface area contributed by atoms with Crippen molar-refractivity contribution in [2.45, 2.75) is 60.0 Å². The maximum atomic E-state index is 13.5. The number of carbonyl (C=O) groups excluding carboxylic acids is 1. The minimum Gasteiger partial charge on any atom is -0.478 e. The number of fused-ring (bicyclic) bond motifs is 1. The molecule has 0 aliphatic heterocycles. The molecule has 2 N–H and O–H groups in total. The van der Waals surface area contributed by atoms with Gasteiger partial charge < -0.3 is 15.0 Å². The molecule has 1 aromatic heterocycles. The van der Waals surface area contributed by atoms with Crippen molar-refractivity contribution in [2.75, 3.05) is 0 Å². The highest BCUT2D eigenvalue weighted by Crippen LogP contribution is 2.30. The van der Waals surface area contributed by atoms with E-state index < -0.39 is 5.97 Å². The highest BCUT2D eigenvalue weighted by atomic mass is 16.4. The van der Waals surface area contributed by atoms with Crippen molar-refractivity contribution in [2.24, 2.45) is 5.92 Å². The zero-order valence-corrected chi connectivity index (χ0v) is 25.8. The van der Waals surface area contributed by atoms with E-state index in [0.29, 0.717) is 29.2 Å². The smallest absolute Gasteiger partial charge is 0.336 e. The third-order valence-electron chi connectivity index (χ3n) is 8.55. The molecule has 5 nitrogen and oxygen atoms in total. The summed E-state index contributed by atoms with van der Waals surface area (Å²) < 4.78 is 2.28. The molecule has 0 unspecified atom stereocenters. The van der Waals surface area contributed by atoms with Crippen LogP contribution in [0.2, 0.25) is 0 Å². The largest absolute Gasteiger partial charge is 0.478 e. The molecule has 5 heteroatoms. The first-order valence-electron chi connectivity index (χ1n) is 15.0. The maximum Gasteiger partial charge on any atom is 0.336 e. The quantitative estimate of drug-likeness (QED) is 0.185. The van der Waals surface area contributed by atoms with Crippen LogP contribution in [0.5, 0.6) is 0 Å². The number of aromatic nitrogens is 1. The van der Waals surface area contributed by atoms with Crippen LogP contribution >= 0.6 is 0 Å². The normalized spacial score (nSPS) is 12.2. The minimum absolute atomic E-state index is 0.0717. The average Bonchev–Trinajstić information content (AvgIpc) is 3.24. The number of carbonyl (C=O) groups is 2. The number of rotatable bonds is 9. The van der Waals surface area contributed by atoms with Gasteiger partial charge in [0.05, 0.1) is 11.6 Å². The molecule has 1 heterocycles. The molecule has 1 amide bonds. The topological polar surface area (TPSA) is 71.3 Å². The summed E-state index contributed by atoms with van der Waals surface area (Å²) in [5.41, 5.74) is 9.43. The molecule has 4 aromatic carbocycles. The molecule has 0 spiro atoms. The van der Waals surface area contributed by atoms with Crippen LogP contribution < -0.4 is 5.32 Å². The first-order valence-corrected chi connectivity index (χ1v) is 15.0. The molecule has 0 fully saturated rings. The van der Waals surface area contributed by atoms with Crippen LogP contribution in [0.4, 0.5) is 0 Å². The van der Waals surface area contributed by atoms with Crippen LogP contribution in [0.3, 0.4) is 0 Å². The summed E-state index contributed by atoms with van der Waals surface area (Å²) in [4.78, 5) is 25.2. The average molecular weight is 573 g/mol. The summed E-state index contributed by atoms with van der Waals surface area (Å²) >= 11 is 0. The first-order chi connectivity index (χ1) is 20.5. The van der Waals surface area contributed by atoms with Gasteiger partial charge in [-0.05, 0) is 83.3 Å². The van der Waals surface area contributed by atoms with Gasteiger partial charge in [0.2, 0.25) is 0 Å². The molecule has 0 saturated heterocycles. The number of hydrogen-bond donors (Lipinski definition) is 2. The lowest BCUT2D eigenvalue weighted by molar-refractivity contribution is 0.0697. The Bertz CT molecular complexity index is 1790.